The van der Waals surface area contributed by atoms with Crippen molar-refractivity contribution in [1.29, 1.82) is 0 Å². The summed E-state index contributed by atoms with van der Waals surface area (Å²) < 4.78 is 42.0. The van der Waals surface area contributed by atoms with Crippen LogP contribution in [0.25, 0.3) is 16.6 Å². The van der Waals surface area contributed by atoms with E-state index in [-0.39, 0.29) is 11.3 Å². The number of hydrogen-bond donors (Lipinski definition) is 1. The Bertz CT molecular complexity index is 958. The van der Waals surface area contributed by atoms with Gasteiger partial charge < -0.3 is 14.4 Å². The molecule has 3 rings (SSSR count). The number of halogens is 3. The van der Waals surface area contributed by atoms with Gasteiger partial charge in [0, 0.05) is 17.3 Å². The molecule has 1 heterocycles. The summed E-state index contributed by atoms with van der Waals surface area (Å²) in [6.07, 6.45) is -3.44. The highest BCUT2D eigenvalue weighted by atomic mass is 19.4. The topological polar surface area (TPSA) is 68.5 Å². The van der Waals surface area contributed by atoms with Crippen molar-refractivity contribution in [3.8, 4) is 11.4 Å². The lowest BCUT2D eigenvalue weighted by Crippen LogP contribution is -2.17. The van der Waals surface area contributed by atoms with Crippen molar-refractivity contribution < 1.29 is 32.6 Å². The summed E-state index contributed by atoms with van der Waals surface area (Å²) in [4.78, 5) is 22.8. The predicted molar refractivity (Wildman–Crippen MR) is 81.9 cm³/mol. The Kier molecular flexibility index (Phi) is 3.96. The number of alkyl halides is 3. The van der Waals surface area contributed by atoms with Crippen molar-refractivity contribution in [3.05, 3.63) is 60.3 Å². The number of carboxylic acid groups (broad SMARTS) is 1. The molecule has 0 fully saturated rings. The second-order valence-corrected chi connectivity index (χ2v) is 5.11. The third-order valence-electron chi connectivity index (χ3n) is 3.50. The van der Waals surface area contributed by atoms with Crippen molar-refractivity contribution in [3.63, 3.8) is 0 Å². The largest absolute Gasteiger partial charge is 0.573 e. The maximum absolute atomic E-state index is 12.2. The molecule has 0 amide bonds. The molecule has 2 aromatic carbocycles. The molecule has 1 N–H and O–H groups in total. The molecule has 0 saturated heterocycles. The third-order valence-corrected chi connectivity index (χ3v) is 3.50. The lowest BCUT2D eigenvalue weighted by Gasteiger charge is -2.10. The molecule has 0 bridgehead atoms. The van der Waals surface area contributed by atoms with Gasteiger partial charge in [-0.15, -0.1) is 13.2 Å². The monoisotopic (exact) mass is 349 g/mol. The molecular formula is C17H10F3NO4. The Labute approximate surface area is 138 Å². The average molecular weight is 349 g/mol. The van der Waals surface area contributed by atoms with E-state index in [0.29, 0.717) is 16.6 Å². The minimum Gasteiger partial charge on any atom is -0.475 e. The molecule has 0 radical (unpaired) electrons. The van der Waals surface area contributed by atoms with Crippen LogP contribution in [0.2, 0.25) is 0 Å². The van der Waals surface area contributed by atoms with E-state index in [1.807, 2.05) is 0 Å². The molecule has 3 aromatic rings. The lowest BCUT2D eigenvalue weighted by atomic mass is 10.1. The van der Waals surface area contributed by atoms with Crippen molar-refractivity contribution in [2.24, 2.45) is 0 Å². The standard InChI is InChI=1S/C17H10F3NO4/c18-17(19,20)25-11-7-5-10(6-8-11)21-9-13(15(22)16(23)24)12-3-1-2-4-14(12)21/h1-9H,(H,23,24). The second kappa shape index (κ2) is 5.97. The number of ketones is 1. The molecular weight excluding hydrogens is 339 g/mol. The molecule has 0 saturated carbocycles. The fourth-order valence-corrected chi connectivity index (χ4v) is 2.50. The number of para-hydroxylation sites is 1. The number of aromatic nitrogens is 1. The van der Waals surface area contributed by atoms with Crippen LogP contribution >= 0.6 is 0 Å². The lowest BCUT2D eigenvalue weighted by molar-refractivity contribution is -0.274. The number of aliphatic carboxylic acids is 1. The molecule has 0 aliphatic carbocycles. The van der Waals surface area contributed by atoms with Crippen molar-refractivity contribution in [2.45, 2.75) is 6.36 Å². The van der Waals surface area contributed by atoms with Gasteiger partial charge in [-0.2, -0.15) is 0 Å². The van der Waals surface area contributed by atoms with Crippen LogP contribution in [0.3, 0.4) is 0 Å². The summed E-state index contributed by atoms with van der Waals surface area (Å²) in [5.74, 6) is -3.03. The predicted octanol–water partition coefficient (Wildman–Crippen LogP) is 3.80. The van der Waals surface area contributed by atoms with Gasteiger partial charge >= 0.3 is 12.3 Å². The van der Waals surface area contributed by atoms with E-state index in [9.17, 15) is 22.8 Å². The Balaban J connectivity index is 2.07. The number of nitrogens with zero attached hydrogens (tertiary/aromatic N) is 1. The van der Waals surface area contributed by atoms with Crippen LogP contribution < -0.4 is 4.74 Å². The molecule has 5 nitrogen and oxygen atoms in total. The first-order valence-corrected chi connectivity index (χ1v) is 7.00. The van der Waals surface area contributed by atoms with Crippen molar-refractivity contribution in [2.75, 3.05) is 0 Å². The van der Waals surface area contributed by atoms with Crippen LogP contribution in [0.4, 0.5) is 13.2 Å². The van der Waals surface area contributed by atoms with Crippen LogP contribution in [0.1, 0.15) is 10.4 Å². The van der Waals surface area contributed by atoms with Crippen LogP contribution in [-0.2, 0) is 4.79 Å². The minimum absolute atomic E-state index is 0.00119. The number of Topliss-reactive ketones (excluding diaryl/α,β-unsaturated/α-hetero) is 1. The van der Waals surface area contributed by atoms with Gasteiger partial charge in [0.1, 0.15) is 5.75 Å². The van der Waals surface area contributed by atoms with Gasteiger partial charge in [-0.25, -0.2) is 4.79 Å². The zero-order valence-corrected chi connectivity index (χ0v) is 12.4. The second-order valence-electron chi connectivity index (χ2n) is 5.11. The fraction of sp³-hybridized carbons (Fsp3) is 0.0588. The highest BCUT2D eigenvalue weighted by Crippen LogP contribution is 2.28. The Morgan fingerprint density at radius 2 is 1.64 bits per heavy atom. The summed E-state index contributed by atoms with van der Waals surface area (Å²) in [5, 5.41) is 9.37. The highest BCUT2D eigenvalue weighted by molar-refractivity contribution is 6.42. The smallest absolute Gasteiger partial charge is 0.475 e. The first kappa shape index (κ1) is 16.6. The van der Waals surface area contributed by atoms with E-state index >= 15 is 0 Å². The molecule has 25 heavy (non-hydrogen) atoms. The van der Waals surface area contributed by atoms with Gasteiger partial charge in [0.05, 0.1) is 11.1 Å². The van der Waals surface area contributed by atoms with Gasteiger partial charge in [0.15, 0.2) is 0 Å². The van der Waals surface area contributed by atoms with Gasteiger partial charge in [-0.1, -0.05) is 18.2 Å². The zero-order valence-electron chi connectivity index (χ0n) is 12.4. The van der Waals surface area contributed by atoms with Crippen LogP contribution in [0, 0.1) is 0 Å². The maximum atomic E-state index is 12.2. The van der Waals surface area contributed by atoms with Gasteiger partial charge in [0.25, 0.3) is 5.78 Å². The minimum atomic E-state index is -4.79. The van der Waals surface area contributed by atoms with Gasteiger partial charge in [0.2, 0.25) is 0 Å². The summed E-state index contributed by atoms with van der Waals surface area (Å²) >= 11 is 0. The van der Waals surface area contributed by atoms with Crippen molar-refractivity contribution >= 4 is 22.7 Å². The van der Waals surface area contributed by atoms with Gasteiger partial charge in [-0.05, 0) is 30.3 Å². The summed E-state index contributed by atoms with van der Waals surface area (Å²) in [6.45, 7) is 0. The molecule has 0 aliphatic rings. The molecule has 0 unspecified atom stereocenters. The number of carbonyl (C=O) groups is 2. The highest BCUT2D eigenvalue weighted by Gasteiger charge is 2.31. The third kappa shape index (κ3) is 3.32. The van der Waals surface area contributed by atoms with Crippen molar-refractivity contribution in [1.82, 2.24) is 4.57 Å². The van der Waals surface area contributed by atoms with E-state index in [4.69, 9.17) is 5.11 Å². The molecule has 0 aliphatic heterocycles. The number of carbonyl (C=O) groups excluding carboxylic acids is 1. The molecule has 0 spiro atoms. The molecule has 128 valence electrons. The van der Waals surface area contributed by atoms with E-state index in [1.54, 1.807) is 24.3 Å². The number of ether oxygens (including phenoxy) is 1. The van der Waals surface area contributed by atoms with E-state index < -0.39 is 18.1 Å². The quantitative estimate of drug-likeness (QED) is 0.575. The van der Waals surface area contributed by atoms with E-state index in [0.717, 1.165) is 12.1 Å². The first-order valence-electron chi connectivity index (χ1n) is 7.00. The summed E-state index contributed by atoms with van der Waals surface area (Å²) in [6, 6.07) is 11.7. The summed E-state index contributed by atoms with van der Waals surface area (Å²) in [7, 11) is 0. The SMILES string of the molecule is O=C(O)C(=O)c1cn(-c2ccc(OC(F)(F)F)cc2)c2ccccc12. The number of fused-ring (bicyclic) bond motifs is 1. The Morgan fingerprint density at radius 3 is 2.24 bits per heavy atom. The Hall–Kier alpha value is -3.29. The van der Waals surface area contributed by atoms with Crippen LogP contribution in [-0.4, -0.2) is 27.8 Å². The van der Waals surface area contributed by atoms with E-state index in [2.05, 4.69) is 4.74 Å². The number of hydrogen-bond acceptors (Lipinski definition) is 3. The van der Waals surface area contributed by atoms with E-state index in [1.165, 1.54) is 22.9 Å². The average Bonchev–Trinajstić information content (AvgIpc) is 2.93. The number of rotatable bonds is 4. The van der Waals surface area contributed by atoms with Crippen LogP contribution in [0.15, 0.2) is 54.7 Å². The summed E-state index contributed by atoms with van der Waals surface area (Å²) in [5.41, 5.74) is 1.01. The molecule has 0 atom stereocenters. The normalized spacial score (nSPS) is 11.5. The zero-order chi connectivity index (χ0) is 18.2. The Morgan fingerprint density at radius 1 is 1.00 bits per heavy atom. The number of benzene rings is 2. The molecule has 1 aromatic heterocycles. The maximum Gasteiger partial charge on any atom is 0.573 e. The fourth-order valence-electron chi connectivity index (χ4n) is 2.50. The number of carboxylic acids is 1. The van der Waals surface area contributed by atoms with Crippen LogP contribution in [0.5, 0.6) is 5.75 Å². The van der Waals surface area contributed by atoms with Gasteiger partial charge in [-0.3, -0.25) is 4.79 Å². The molecule has 8 heteroatoms. The first-order chi connectivity index (χ1) is 11.8.